The lowest BCUT2D eigenvalue weighted by molar-refractivity contribution is 0.449. The minimum atomic E-state index is 0.378. The van der Waals surface area contributed by atoms with Crippen LogP contribution in [-0.2, 0) is 0 Å². The van der Waals surface area contributed by atoms with Crippen molar-refractivity contribution in [3.05, 3.63) is 35.2 Å². The van der Waals surface area contributed by atoms with Gasteiger partial charge < -0.3 is 9.47 Å². The average molecular weight is 324 g/mol. The first-order valence-corrected chi connectivity index (χ1v) is 8.54. The Hall–Kier alpha value is -2.42. The Balaban J connectivity index is 1.79. The molecule has 2 aromatic rings. The number of hydrogen-bond acceptors (Lipinski definition) is 5. The van der Waals surface area contributed by atoms with E-state index in [1.54, 1.807) is 0 Å². The number of aryl methyl sites for hydroxylation is 2. The Kier molecular flexibility index (Phi) is 4.52. The highest BCUT2D eigenvalue weighted by atomic mass is 15.3. The second-order valence-corrected chi connectivity index (χ2v) is 6.81. The molecule has 1 aliphatic heterocycles. The van der Waals surface area contributed by atoms with Gasteiger partial charge in [0.1, 0.15) is 18.2 Å². The highest BCUT2D eigenvalue weighted by Crippen LogP contribution is 2.32. The average Bonchev–Trinajstić information content (AvgIpc) is 3.04. The summed E-state index contributed by atoms with van der Waals surface area (Å²) in [5, 5.41) is 17.9. The molecule has 0 radical (unpaired) electrons. The van der Waals surface area contributed by atoms with Gasteiger partial charge in [0.05, 0.1) is 16.9 Å². The molecular weight excluding hydrogens is 300 g/mol. The van der Waals surface area contributed by atoms with E-state index in [9.17, 15) is 5.26 Å². The molecule has 1 aliphatic rings. The van der Waals surface area contributed by atoms with Crippen molar-refractivity contribution < 1.29 is 0 Å². The molecule has 6 heteroatoms. The number of piperidine rings is 1. The number of pyridine rings is 1. The standard InChI is InChI=1S/C18H24N6/c1-12(2)24-11-20-22-18(24)15-5-7-23(8-6-15)17-9-13(3)21-14(4)16(17)10-19/h9,11-12,15H,5-8H2,1-4H3. The van der Waals surface area contributed by atoms with E-state index in [0.29, 0.717) is 17.5 Å². The Bertz CT molecular complexity index is 762. The Morgan fingerprint density at radius 2 is 1.96 bits per heavy atom. The van der Waals surface area contributed by atoms with Crippen molar-refractivity contribution in [1.29, 1.82) is 5.26 Å². The predicted molar refractivity (Wildman–Crippen MR) is 93.0 cm³/mol. The van der Waals surface area contributed by atoms with Crippen LogP contribution in [-0.4, -0.2) is 32.8 Å². The van der Waals surface area contributed by atoms with Crippen LogP contribution in [0.25, 0.3) is 0 Å². The summed E-state index contributed by atoms with van der Waals surface area (Å²) < 4.78 is 2.17. The van der Waals surface area contributed by atoms with Crippen molar-refractivity contribution in [2.24, 2.45) is 0 Å². The van der Waals surface area contributed by atoms with Gasteiger partial charge in [-0.3, -0.25) is 4.98 Å². The summed E-state index contributed by atoms with van der Waals surface area (Å²) in [5.41, 5.74) is 3.49. The van der Waals surface area contributed by atoms with Crippen molar-refractivity contribution in [3.8, 4) is 6.07 Å². The summed E-state index contributed by atoms with van der Waals surface area (Å²) in [5.74, 6) is 1.52. The van der Waals surface area contributed by atoms with Crippen LogP contribution in [0.2, 0.25) is 0 Å². The van der Waals surface area contributed by atoms with E-state index in [2.05, 4.69) is 44.6 Å². The van der Waals surface area contributed by atoms with Gasteiger partial charge in [0, 0.05) is 30.7 Å². The third-order valence-electron chi connectivity index (χ3n) is 4.78. The number of anilines is 1. The molecule has 3 heterocycles. The van der Waals surface area contributed by atoms with Crippen molar-refractivity contribution in [1.82, 2.24) is 19.7 Å². The maximum Gasteiger partial charge on any atom is 0.136 e. The molecule has 0 bridgehead atoms. The normalized spacial score (nSPS) is 15.8. The lowest BCUT2D eigenvalue weighted by atomic mass is 9.94. The zero-order chi connectivity index (χ0) is 17.3. The summed E-state index contributed by atoms with van der Waals surface area (Å²) in [6.45, 7) is 10.1. The second-order valence-electron chi connectivity index (χ2n) is 6.81. The lowest BCUT2D eigenvalue weighted by Crippen LogP contribution is -2.34. The monoisotopic (exact) mass is 324 g/mol. The molecular formula is C18H24N6. The lowest BCUT2D eigenvalue weighted by Gasteiger charge is -2.34. The first kappa shape index (κ1) is 16.4. The summed E-state index contributed by atoms with van der Waals surface area (Å²) in [4.78, 5) is 6.73. The topological polar surface area (TPSA) is 70.6 Å². The SMILES string of the molecule is Cc1cc(N2CCC(c3nncn3C(C)C)CC2)c(C#N)c(C)n1. The van der Waals surface area contributed by atoms with Crippen molar-refractivity contribution in [2.75, 3.05) is 18.0 Å². The molecule has 126 valence electrons. The predicted octanol–water partition coefficient (Wildman–Crippen LogP) is 3.13. The molecule has 24 heavy (non-hydrogen) atoms. The van der Waals surface area contributed by atoms with Crippen molar-refractivity contribution in [3.63, 3.8) is 0 Å². The van der Waals surface area contributed by atoms with E-state index in [-0.39, 0.29) is 0 Å². The van der Waals surface area contributed by atoms with Gasteiger partial charge in [-0.05, 0) is 46.6 Å². The maximum atomic E-state index is 9.48. The van der Waals surface area contributed by atoms with Crippen LogP contribution < -0.4 is 4.90 Å². The Morgan fingerprint density at radius 3 is 2.58 bits per heavy atom. The number of rotatable bonds is 3. The summed E-state index contributed by atoms with van der Waals surface area (Å²) in [7, 11) is 0. The molecule has 0 unspecified atom stereocenters. The largest absolute Gasteiger partial charge is 0.370 e. The zero-order valence-corrected chi connectivity index (χ0v) is 14.8. The minimum absolute atomic E-state index is 0.378. The first-order chi connectivity index (χ1) is 11.5. The van der Waals surface area contributed by atoms with Crippen LogP contribution in [0.3, 0.4) is 0 Å². The zero-order valence-electron chi connectivity index (χ0n) is 14.8. The van der Waals surface area contributed by atoms with Gasteiger partial charge in [-0.2, -0.15) is 5.26 Å². The molecule has 1 saturated heterocycles. The molecule has 0 N–H and O–H groups in total. The van der Waals surface area contributed by atoms with Gasteiger partial charge in [0.25, 0.3) is 0 Å². The quantitative estimate of drug-likeness (QED) is 0.867. The maximum absolute atomic E-state index is 9.48. The molecule has 2 aromatic heterocycles. The summed E-state index contributed by atoms with van der Waals surface area (Å²) in [6, 6.07) is 4.73. The molecule has 0 saturated carbocycles. The van der Waals surface area contributed by atoms with E-state index in [4.69, 9.17) is 0 Å². The van der Waals surface area contributed by atoms with Gasteiger partial charge in [-0.15, -0.1) is 10.2 Å². The third kappa shape index (κ3) is 2.99. The molecule has 3 rings (SSSR count). The van der Waals surface area contributed by atoms with Crippen LogP contribution in [0.15, 0.2) is 12.4 Å². The molecule has 0 spiro atoms. The smallest absolute Gasteiger partial charge is 0.136 e. The molecule has 0 atom stereocenters. The van der Waals surface area contributed by atoms with Crippen molar-refractivity contribution >= 4 is 5.69 Å². The molecule has 6 nitrogen and oxygen atoms in total. The van der Waals surface area contributed by atoms with Gasteiger partial charge in [-0.1, -0.05) is 0 Å². The summed E-state index contributed by atoms with van der Waals surface area (Å²) >= 11 is 0. The number of hydrogen-bond donors (Lipinski definition) is 0. The highest BCUT2D eigenvalue weighted by molar-refractivity contribution is 5.61. The van der Waals surface area contributed by atoms with Crippen LogP contribution in [0.5, 0.6) is 0 Å². The number of nitriles is 1. The minimum Gasteiger partial charge on any atom is -0.370 e. The molecule has 0 aliphatic carbocycles. The van der Waals surface area contributed by atoms with Gasteiger partial charge in [0.15, 0.2) is 0 Å². The van der Waals surface area contributed by atoms with Crippen LogP contribution >= 0.6 is 0 Å². The van der Waals surface area contributed by atoms with E-state index in [1.165, 1.54) is 0 Å². The highest BCUT2D eigenvalue weighted by Gasteiger charge is 2.26. The van der Waals surface area contributed by atoms with Crippen LogP contribution in [0, 0.1) is 25.2 Å². The fourth-order valence-electron chi connectivity index (χ4n) is 3.52. The van der Waals surface area contributed by atoms with E-state index in [0.717, 1.165) is 48.8 Å². The molecule has 1 fully saturated rings. The second kappa shape index (κ2) is 6.60. The van der Waals surface area contributed by atoms with Crippen LogP contribution in [0.4, 0.5) is 5.69 Å². The summed E-state index contributed by atoms with van der Waals surface area (Å²) in [6.07, 6.45) is 3.88. The molecule has 0 amide bonds. The number of aromatic nitrogens is 4. The Labute approximate surface area is 143 Å². The Morgan fingerprint density at radius 1 is 1.25 bits per heavy atom. The molecule has 0 aromatic carbocycles. The first-order valence-electron chi connectivity index (χ1n) is 8.54. The van der Waals surface area contributed by atoms with E-state index in [1.807, 2.05) is 26.2 Å². The van der Waals surface area contributed by atoms with Gasteiger partial charge >= 0.3 is 0 Å². The fraction of sp³-hybridized carbons (Fsp3) is 0.556. The van der Waals surface area contributed by atoms with Crippen molar-refractivity contribution in [2.45, 2.75) is 52.5 Å². The van der Waals surface area contributed by atoms with Gasteiger partial charge in [-0.25, -0.2) is 0 Å². The van der Waals surface area contributed by atoms with Gasteiger partial charge in [0.2, 0.25) is 0 Å². The number of nitrogens with zero attached hydrogens (tertiary/aromatic N) is 6. The third-order valence-corrected chi connectivity index (χ3v) is 4.78. The van der Waals surface area contributed by atoms with Crippen LogP contribution in [0.1, 0.15) is 61.4 Å². The van der Waals surface area contributed by atoms with E-state index < -0.39 is 0 Å². The fourth-order valence-corrected chi connectivity index (χ4v) is 3.52. The van der Waals surface area contributed by atoms with E-state index >= 15 is 0 Å².